The molecule has 1 saturated heterocycles. The number of fused-ring (bicyclic) bond motifs is 1. The van der Waals surface area contributed by atoms with Crippen LogP contribution in [0.5, 0.6) is 0 Å². The quantitative estimate of drug-likeness (QED) is 0.475. The van der Waals surface area contributed by atoms with Crippen molar-refractivity contribution < 1.29 is 17.8 Å². The summed E-state index contributed by atoms with van der Waals surface area (Å²) < 4.78 is 32.6. The third-order valence-corrected chi connectivity index (χ3v) is 7.01. The number of nitro benzene ring substituents is 1. The van der Waals surface area contributed by atoms with Crippen molar-refractivity contribution in [3.8, 4) is 0 Å². The standard InChI is InChI=1S/C20H21N3O5S/c1-14(20-12-15-6-2-3-7-19(15)28-20)21-17-9-8-16(13-18(17)23(24)25)29(26,27)22-10-4-5-11-22/h2-3,6-9,12-14,21H,4-5,10-11H2,1H3/t14-/m1/s1. The van der Waals surface area contributed by atoms with Gasteiger partial charge in [0.2, 0.25) is 10.0 Å². The number of anilines is 1. The first-order chi connectivity index (χ1) is 13.9. The number of nitrogens with zero attached hydrogens (tertiary/aromatic N) is 2. The highest BCUT2D eigenvalue weighted by Gasteiger charge is 2.29. The molecule has 0 aliphatic carbocycles. The number of sulfonamides is 1. The molecule has 1 N–H and O–H groups in total. The van der Waals surface area contributed by atoms with Crippen molar-refractivity contribution in [1.82, 2.24) is 4.31 Å². The van der Waals surface area contributed by atoms with Crippen LogP contribution in [0, 0.1) is 10.1 Å². The van der Waals surface area contributed by atoms with Crippen LogP contribution in [0.15, 0.2) is 57.8 Å². The molecule has 0 saturated carbocycles. The number of hydrogen-bond acceptors (Lipinski definition) is 6. The van der Waals surface area contributed by atoms with Crippen molar-refractivity contribution in [3.05, 3.63) is 64.4 Å². The Kier molecular flexibility index (Phi) is 5.01. The molecule has 1 aromatic heterocycles. The molecule has 0 bridgehead atoms. The number of rotatable bonds is 6. The van der Waals surface area contributed by atoms with Gasteiger partial charge in [0.25, 0.3) is 5.69 Å². The summed E-state index contributed by atoms with van der Waals surface area (Å²) in [4.78, 5) is 11.0. The summed E-state index contributed by atoms with van der Waals surface area (Å²) in [6.45, 7) is 2.72. The molecule has 0 radical (unpaired) electrons. The predicted molar refractivity (Wildman–Crippen MR) is 109 cm³/mol. The van der Waals surface area contributed by atoms with Gasteiger partial charge in [0.1, 0.15) is 17.0 Å². The molecule has 0 amide bonds. The molecule has 8 nitrogen and oxygen atoms in total. The molecule has 9 heteroatoms. The van der Waals surface area contributed by atoms with Gasteiger partial charge in [-0.15, -0.1) is 0 Å². The Morgan fingerprint density at radius 2 is 1.86 bits per heavy atom. The fourth-order valence-electron chi connectivity index (χ4n) is 3.54. The first-order valence-electron chi connectivity index (χ1n) is 9.40. The van der Waals surface area contributed by atoms with Crippen molar-refractivity contribution in [2.24, 2.45) is 0 Å². The summed E-state index contributed by atoms with van der Waals surface area (Å²) in [6, 6.07) is 13.1. The van der Waals surface area contributed by atoms with Gasteiger partial charge in [0.15, 0.2) is 0 Å². The molecule has 0 unspecified atom stereocenters. The smallest absolute Gasteiger partial charge is 0.293 e. The number of hydrogen-bond donors (Lipinski definition) is 1. The lowest BCUT2D eigenvalue weighted by molar-refractivity contribution is -0.384. The summed E-state index contributed by atoms with van der Waals surface area (Å²) >= 11 is 0. The average molecular weight is 415 g/mol. The zero-order valence-electron chi connectivity index (χ0n) is 15.9. The van der Waals surface area contributed by atoms with Gasteiger partial charge in [0, 0.05) is 24.5 Å². The summed E-state index contributed by atoms with van der Waals surface area (Å²) in [6.07, 6.45) is 1.60. The van der Waals surface area contributed by atoms with Crippen molar-refractivity contribution in [2.75, 3.05) is 18.4 Å². The second kappa shape index (κ2) is 7.49. The van der Waals surface area contributed by atoms with E-state index in [-0.39, 0.29) is 22.3 Å². The first-order valence-corrected chi connectivity index (χ1v) is 10.8. The zero-order valence-corrected chi connectivity index (χ0v) is 16.7. The number of nitrogens with one attached hydrogen (secondary N) is 1. The van der Waals surface area contributed by atoms with Crippen LogP contribution in [0.3, 0.4) is 0 Å². The van der Waals surface area contributed by atoms with E-state index in [1.165, 1.54) is 16.4 Å². The van der Waals surface area contributed by atoms with Crippen LogP contribution in [0.1, 0.15) is 31.6 Å². The minimum absolute atomic E-state index is 0.0620. The van der Waals surface area contributed by atoms with Crippen LogP contribution < -0.4 is 5.32 Å². The van der Waals surface area contributed by atoms with E-state index in [1.807, 2.05) is 37.3 Å². The molecule has 0 spiro atoms. The van der Waals surface area contributed by atoms with Crippen LogP contribution in [-0.4, -0.2) is 30.7 Å². The van der Waals surface area contributed by atoms with E-state index >= 15 is 0 Å². The van der Waals surface area contributed by atoms with Crippen molar-refractivity contribution >= 4 is 32.4 Å². The molecule has 152 valence electrons. The van der Waals surface area contributed by atoms with E-state index in [9.17, 15) is 18.5 Å². The predicted octanol–water partition coefficient (Wildman–Crippen LogP) is 4.30. The summed E-state index contributed by atoms with van der Waals surface area (Å²) in [7, 11) is -3.73. The van der Waals surface area contributed by atoms with E-state index in [4.69, 9.17) is 4.42 Å². The van der Waals surface area contributed by atoms with Crippen molar-refractivity contribution in [1.29, 1.82) is 0 Å². The molecule has 29 heavy (non-hydrogen) atoms. The Morgan fingerprint density at radius 3 is 2.55 bits per heavy atom. The molecule has 4 rings (SSSR count). The largest absolute Gasteiger partial charge is 0.459 e. The topological polar surface area (TPSA) is 106 Å². The molecule has 1 fully saturated rings. The van der Waals surface area contributed by atoms with E-state index in [0.717, 1.165) is 29.9 Å². The Labute approximate surface area is 168 Å². The Bertz CT molecular complexity index is 1130. The maximum Gasteiger partial charge on any atom is 0.293 e. The van der Waals surface area contributed by atoms with Crippen molar-refractivity contribution in [2.45, 2.75) is 30.7 Å². The monoisotopic (exact) mass is 415 g/mol. The normalized spacial score (nSPS) is 16.2. The Balaban J connectivity index is 1.64. The van der Waals surface area contributed by atoms with Gasteiger partial charge in [-0.05, 0) is 44.0 Å². The minimum atomic E-state index is -3.73. The highest BCUT2D eigenvalue weighted by Crippen LogP contribution is 2.33. The molecular weight excluding hydrogens is 394 g/mol. The average Bonchev–Trinajstić information content (AvgIpc) is 3.38. The SMILES string of the molecule is C[C@@H](Nc1ccc(S(=O)(=O)N2CCCC2)cc1[N+](=O)[O-])c1cc2ccccc2o1. The van der Waals surface area contributed by atoms with Crippen molar-refractivity contribution in [3.63, 3.8) is 0 Å². The summed E-state index contributed by atoms with van der Waals surface area (Å²) in [5.74, 6) is 0.634. The van der Waals surface area contributed by atoms with E-state index < -0.39 is 14.9 Å². The molecule has 2 aromatic carbocycles. The molecule has 2 heterocycles. The van der Waals surface area contributed by atoms with Gasteiger partial charge in [-0.25, -0.2) is 8.42 Å². The maximum absolute atomic E-state index is 12.7. The highest BCUT2D eigenvalue weighted by atomic mass is 32.2. The van der Waals surface area contributed by atoms with Crippen LogP contribution in [0.4, 0.5) is 11.4 Å². The third kappa shape index (κ3) is 3.70. The van der Waals surface area contributed by atoms with Crippen LogP contribution in [0.25, 0.3) is 11.0 Å². The molecule has 1 aliphatic heterocycles. The van der Waals surface area contributed by atoms with Crippen LogP contribution in [-0.2, 0) is 10.0 Å². The van der Waals surface area contributed by atoms with Crippen LogP contribution >= 0.6 is 0 Å². The lowest BCUT2D eigenvalue weighted by atomic mass is 10.2. The zero-order chi connectivity index (χ0) is 20.6. The van der Waals surface area contributed by atoms with E-state index in [0.29, 0.717) is 18.8 Å². The lowest BCUT2D eigenvalue weighted by Crippen LogP contribution is -2.27. The van der Waals surface area contributed by atoms with E-state index in [2.05, 4.69) is 5.32 Å². The number of nitro groups is 1. The van der Waals surface area contributed by atoms with Gasteiger partial charge in [0.05, 0.1) is 15.9 Å². The summed E-state index contributed by atoms with van der Waals surface area (Å²) in [5, 5.41) is 15.6. The van der Waals surface area contributed by atoms with Gasteiger partial charge >= 0.3 is 0 Å². The van der Waals surface area contributed by atoms with Crippen LogP contribution in [0.2, 0.25) is 0 Å². The molecule has 1 atom stereocenters. The third-order valence-electron chi connectivity index (χ3n) is 5.11. The lowest BCUT2D eigenvalue weighted by Gasteiger charge is -2.17. The van der Waals surface area contributed by atoms with Gasteiger partial charge < -0.3 is 9.73 Å². The van der Waals surface area contributed by atoms with Gasteiger partial charge in [-0.2, -0.15) is 4.31 Å². The Morgan fingerprint density at radius 1 is 1.14 bits per heavy atom. The fourth-order valence-corrected chi connectivity index (χ4v) is 5.08. The van der Waals surface area contributed by atoms with Gasteiger partial charge in [-0.3, -0.25) is 10.1 Å². The Hall–Kier alpha value is -2.91. The van der Waals surface area contributed by atoms with Gasteiger partial charge in [-0.1, -0.05) is 18.2 Å². The summed E-state index contributed by atoms with van der Waals surface area (Å²) in [5.41, 5.74) is 0.689. The number of para-hydroxylation sites is 1. The molecular formula is C20H21N3O5S. The first kappa shape index (κ1) is 19.4. The maximum atomic E-state index is 12.7. The second-order valence-corrected chi connectivity index (χ2v) is 9.04. The second-order valence-electron chi connectivity index (χ2n) is 7.10. The molecule has 3 aromatic rings. The number of furan rings is 1. The number of benzene rings is 2. The minimum Gasteiger partial charge on any atom is -0.459 e. The molecule has 1 aliphatic rings. The highest BCUT2D eigenvalue weighted by molar-refractivity contribution is 7.89. The van der Waals surface area contributed by atoms with E-state index in [1.54, 1.807) is 0 Å². The fraction of sp³-hybridized carbons (Fsp3) is 0.300.